The maximum Gasteiger partial charge on any atom is 0.271 e. The molecule has 0 heterocycles. The van der Waals surface area contributed by atoms with Crippen molar-refractivity contribution in [3.63, 3.8) is 0 Å². The van der Waals surface area contributed by atoms with Crippen LogP contribution in [0.5, 0.6) is 5.75 Å². The highest BCUT2D eigenvalue weighted by Crippen LogP contribution is 2.25. The highest BCUT2D eigenvalue weighted by atomic mass is 79.9. The number of benzene rings is 2. The summed E-state index contributed by atoms with van der Waals surface area (Å²) in [5, 5.41) is 24.0. The van der Waals surface area contributed by atoms with Gasteiger partial charge in [0.2, 0.25) is 0 Å². The minimum Gasteiger partial charge on any atom is -0.506 e. The van der Waals surface area contributed by atoms with Crippen molar-refractivity contribution in [1.29, 1.82) is 0 Å². The van der Waals surface area contributed by atoms with Crippen molar-refractivity contribution in [3.8, 4) is 5.75 Å². The lowest BCUT2D eigenvalue weighted by molar-refractivity contribution is -0.384. The molecular weight excluding hydrogens is 354 g/mol. The molecule has 0 saturated carbocycles. The van der Waals surface area contributed by atoms with E-state index in [-0.39, 0.29) is 17.0 Å². The fourth-order valence-corrected chi connectivity index (χ4v) is 1.98. The number of halogens is 1. The highest BCUT2D eigenvalue weighted by molar-refractivity contribution is 9.10. The second kappa shape index (κ2) is 6.81. The van der Waals surface area contributed by atoms with Crippen LogP contribution in [0.25, 0.3) is 0 Å². The number of hydrogen-bond donors (Lipinski definition) is 2. The standard InChI is InChI=1S/C14H10BrN3O4/c15-12-3-1-2-10(13(12)19)8-16-17-14(20)9-4-6-11(7-5-9)18(21)22/h1-8,19H,(H,17,20)/b16-8+. The Kier molecular flexibility index (Phi) is 4.84. The molecule has 0 bridgehead atoms. The van der Waals surface area contributed by atoms with Crippen LogP contribution in [0.4, 0.5) is 5.69 Å². The van der Waals surface area contributed by atoms with Crippen LogP contribution in [0.3, 0.4) is 0 Å². The first-order valence-corrected chi connectivity index (χ1v) is 6.83. The maximum absolute atomic E-state index is 11.8. The Bertz CT molecular complexity index is 744. The molecule has 2 aromatic carbocycles. The van der Waals surface area contributed by atoms with Gasteiger partial charge in [-0.25, -0.2) is 5.43 Å². The quantitative estimate of drug-likeness (QED) is 0.494. The largest absolute Gasteiger partial charge is 0.506 e. The van der Waals surface area contributed by atoms with Gasteiger partial charge in [0.1, 0.15) is 5.75 Å². The Labute approximate surface area is 133 Å². The molecule has 0 spiro atoms. The van der Waals surface area contributed by atoms with E-state index in [2.05, 4.69) is 26.5 Å². The van der Waals surface area contributed by atoms with Crippen molar-refractivity contribution in [2.24, 2.45) is 5.10 Å². The van der Waals surface area contributed by atoms with Crippen molar-refractivity contribution in [1.82, 2.24) is 5.43 Å². The van der Waals surface area contributed by atoms with Gasteiger partial charge in [0, 0.05) is 23.3 Å². The summed E-state index contributed by atoms with van der Waals surface area (Å²) in [6.45, 7) is 0. The lowest BCUT2D eigenvalue weighted by atomic mass is 10.2. The van der Waals surface area contributed by atoms with E-state index in [1.54, 1.807) is 18.2 Å². The molecule has 8 heteroatoms. The van der Waals surface area contributed by atoms with Crippen LogP contribution in [0, 0.1) is 10.1 Å². The van der Waals surface area contributed by atoms with E-state index in [4.69, 9.17) is 0 Å². The van der Waals surface area contributed by atoms with Gasteiger partial charge in [-0.3, -0.25) is 14.9 Å². The zero-order valence-corrected chi connectivity index (χ0v) is 12.6. The van der Waals surface area contributed by atoms with Crippen molar-refractivity contribution >= 4 is 33.7 Å². The average Bonchev–Trinajstić information content (AvgIpc) is 2.51. The van der Waals surface area contributed by atoms with Crippen molar-refractivity contribution in [3.05, 3.63) is 68.2 Å². The Morgan fingerprint density at radius 2 is 1.95 bits per heavy atom. The topological polar surface area (TPSA) is 105 Å². The highest BCUT2D eigenvalue weighted by Gasteiger charge is 2.08. The first-order chi connectivity index (χ1) is 10.5. The van der Waals surface area contributed by atoms with Gasteiger partial charge in [0.05, 0.1) is 15.6 Å². The van der Waals surface area contributed by atoms with Crippen molar-refractivity contribution in [2.75, 3.05) is 0 Å². The minimum absolute atomic E-state index is 0.0100. The number of non-ortho nitro benzene ring substituents is 1. The van der Waals surface area contributed by atoms with Crippen LogP contribution in [-0.4, -0.2) is 22.2 Å². The number of aromatic hydroxyl groups is 1. The fraction of sp³-hybridized carbons (Fsp3) is 0. The molecule has 0 aliphatic rings. The number of hydrogen-bond acceptors (Lipinski definition) is 5. The molecule has 0 aliphatic carbocycles. The van der Waals surface area contributed by atoms with Gasteiger partial charge >= 0.3 is 0 Å². The molecule has 1 amide bonds. The van der Waals surface area contributed by atoms with Gasteiger partial charge in [-0.05, 0) is 40.2 Å². The molecule has 2 rings (SSSR count). The van der Waals surface area contributed by atoms with E-state index in [1.807, 2.05) is 0 Å². The molecule has 0 aliphatic heterocycles. The SMILES string of the molecule is O=C(N/N=C/c1cccc(Br)c1O)c1ccc([N+](=O)[O-])cc1. The Balaban J connectivity index is 2.04. The van der Waals surface area contributed by atoms with E-state index in [0.29, 0.717) is 10.0 Å². The summed E-state index contributed by atoms with van der Waals surface area (Å²) in [7, 11) is 0. The summed E-state index contributed by atoms with van der Waals surface area (Å²) in [6.07, 6.45) is 1.30. The van der Waals surface area contributed by atoms with Crippen molar-refractivity contribution < 1.29 is 14.8 Å². The van der Waals surface area contributed by atoms with E-state index >= 15 is 0 Å². The van der Waals surface area contributed by atoms with Crippen LogP contribution in [-0.2, 0) is 0 Å². The van der Waals surface area contributed by atoms with Gasteiger partial charge in [-0.1, -0.05) is 6.07 Å². The number of phenolic OH excluding ortho intramolecular Hbond substituents is 1. The molecule has 0 radical (unpaired) electrons. The second-order valence-corrected chi connectivity index (χ2v) is 5.04. The number of nitrogens with one attached hydrogen (secondary N) is 1. The van der Waals surface area contributed by atoms with Crippen LogP contribution < -0.4 is 5.43 Å². The molecule has 0 fully saturated rings. The number of para-hydroxylation sites is 1. The Hall–Kier alpha value is -2.74. The molecule has 0 unspecified atom stereocenters. The third-order valence-electron chi connectivity index (χ3n) is 2.73. The number of hydrazone groups is 1. The van der Waals surface area contributed by atoms with Gasteiger partial charge < -0.3 is 5.11 Å². The molecule has 0 atom stereocenters. The van der Waals surface area contributed by atoms with Crippen molar-refractivity contribution in [2.45, 2.75) is 0 Å². The van der Waals surface area contributed by atoms with Crippen LogP contribution in [0.1, 0.15) is 15.9 Å². The summed E-state index contributed by atoms with van der Waals surface area (Å²) in [4.78, 5) is 21.8. The number of nitro groups is 1. The second-order valence-electron chi connectivity index (χ2n) is 4.18. The number of carbonyl (C=O) groups is 1. The summed E-state index contributed by atoms with van der Waals surface area (Å²) in [6, 6.07) is 10.1. The Morgan fingerprint density at radius 3 is 2.59 bits per heavy atom. The smallest absolute Gasteiger partial charge is 0.271 e. The van der Waals surface area contributed by atoms with Gasteiger partial charge in [0.15, 0.2) is 0 Å². The summed E-state index contributed by atoms with van der Waals surface area (Å²) in [5.41, 5.74) is 2.85. The lowest BCUT2D eigenvalue weighted by Gasteiger charge is -2.01. The van der Waals surface area contributed by atoms with Crippen LogP contribution in [0.2, 0.25) is 0 Å². The molecule has 2 aromatic rings. The summed E-state index contributed by atoms with van der Waals surface area (Å²) in [5.74, 6) is -0.503. The van der Waals surface area contributed by atoms with E-state index in [1.165, 1.54) is 30.5 Å². The van der Waals surface area contributed by atoms with Gasteiger partial charge in [-0.2, -0.15) is 5.10 Å². The number of nitro benzene ring substituents is 1. The monoisotopic (exact) mass is 363 g/mol. The number of amides is 1. The predicted molar refractivity (Wildman–Crippen MR) is 84.0 cm³/mol. The molecule has 22 heavy (non-hydrogen) atoms. The lowest BCUT2D eigenvalue weighted by Crippen LogP contribution is -2.17. The molecule has 0 saturated heterocycles. The number of phenols is 1. The predicted octanol–water partition coefficient (Wildman–Crippen LogP) is 2.83. The fourth-order valence-electron chi connectivity index (χ4n) is 1.60. The molecule has 2 N–H and O–H groups in total. The third-order valence-corrected chi connectivity index (χ3v) is 3.37. The number of carbonyl (C=O) groups excluding carboxylic acids is 1. The molecular formula is C14H10BrN3O4. The molecule has 7 nitrogen and oxygen atoms in total. The van der Waals surface area contributed by atoms with E-state index in [9.17, 15) is 20.0 Å². The van der Waals surface area contributed by atoms with Crippen LogP contribution in [0.15, 0.2) is 52.0 Å². The summed E-state index contributed by atoms with van der Waals surface area (Å²) < 4.78 is 0.512. The van der Waals surface area contributed by atoms with E-state index in [0.717, 1.165) is 0 Å². The van der Waals surface area contributed by atoms with Gasteiger partial charge in [0.25, 0.3) is 11.6 Å². The number of rotatable bonds is 4. The third kappa shape index (κ3) is 3.67. The zero-order valence-electron chi connectivity index (χ0n) is 11.1. The Morgan fingerprint density at radius 1 is 1.27 bits per heavy atom. The molecule has 112 valence electrons. The van der Waals surface area contributed by atoms with Gasteiger partial charge in [-0.15, -0.1) is 0 Å². The first kappa shape index (κ1) is 15.6. The number of nitrogens with zero attached hydrogens (tertiary/aromatic N) is 2. The minimum atomic E-state index is -0.546. The average molecular weight is 364 g/mol. The summed E-state index contributed by atoms with van der Waals surface area (Å²) >= 11 is 3.17. The van der Waals surface area contributed by atoms with E-state index < -0.39 is 10.8 Å². The maximum atomic E-state index is 11.8. The first-order valence-electron chi connectivity index (χ1n) is 6.04. The molecule has 0 aromatic heterocycles. The normalized spacial score (nSPS) is 10.6. The zero-order chi connectivity index (χ0) is 16.1. The van der Waals surface area contributed by atoms with Crippen LogP contribution >= 0.6 is 15.9 Å².